The zero-order valence-corrected chi connectivity index (χ0v) is 14.4. The number of methoxy groups -OCH3 is 2. The minimum absolute atomic E-state index is 0.0633. The Hall–Kier alpha value is -1.46. The van der Waals surface area contributed by atoms with Crippen LogP contribution in [0.5, 0.6) is 11.5 Å². The number of benzene rings is 1. The average Bonchev–Trinajstić information content (AvgIpc) is 2.78. The van der Waals surface area contributed by atoms with Gasteiger partial charge in [0.05, 0.1) is 41.7 Å². The SMILES string of the molecule is COc1cc(OC)c(NC(C)c2nc(C)sc2C)cc1Cl. The van der Waals surface area contributed by atoms with Crippen molar-refractivity contribution in [1.82, 2.24) is 4.98 Å². The molecule has 21 heavy (non-hydrogen) atoms. The number of hydrogen-bond acceptors (Lipinski definition) is 5. The van der Waals surface area contributed by atoms with Gasteiger partial charge in [-0.2, -0.15) is 0 Å². The van der Waals surface area contributed by atoms with Crippen LogP contribution < -0.4 is 14.8 Å². The maximum absolute atomic E-state index is 6.19. The van der Waals surface area contributed by atoms with Gasteiger partial charge in [0.25, 0.3) is 0 Å². The second-order valence-electron chi connectivity index (χ2n) is 4.73. The molecule has 2 rings (SSSR count). The quantitative estimate of drug-likeness (QED) is 0.871. The van der Waals surface area contributed by atoms with Crippen molar-refractivity contribution in [3.8, 4) is 11.5 Å². The molecule has 0 amide bonds. The van der Waals surface area contributed by atoms with Crippen molar-refractivity contribution in [1.29, 1.82) is 0 Å². The smallest absolute Gasteiger partial charge is 0.145 e. The van der Waals surface area contributed by atoms with Gasteiger partial charge in [0.15, 0.2) is 0 Å². The fourth-order valence-corrected chi connectivity index (χ4v) is 3.38. The summed E-state index contributed by atoms with van der Waals surface area (Å²) in [6, 6.07) is 3.65. The van der Waals surface area contributed by atoms with Gasteiger partial charge in [-0.1, -0.05) is 11.6 Å². The molecular weight excluding hydrogens is 308 g/mol. The van der Waals surface area contributed by atoms with E-state index < -0.39 is 0 Å². The van der Waals surface area contributed by atoms with E-state index in [4.69, 9.17) is 21.1 Å². The summed E-state index contributed by atoms with van der Waals surface area (Å²) in [5.41, 5.74) is 1.87. The van der Waals surface area contributed by atoms with Gasteiger partial charge in [-0.05, 0) is 26.8 Å². The minimum Gasteiger partial charge on any atom is -0.495 e. The van der Waals surface area contributed by atoms with Gasteiger partial charge < -0.3 is 14.8 Å². The molecule has 0 aliphatic carbocycles. The predicted octanol–water partition coefficient (Wildman–Crippen LogP) is 4.60. The van der Waals surface area contributed by atoms with Crippen molar-refractivity contribution in [3.05, 3.63) is 32.7 Å². The molecule has 1 aromatic carbocycles. The third-order valence-electron chi connectivity index (χ3n) is 3.20. The van der Waals surface area contributed by atoms with Crippen LogP contribution in [0.2, 0.25) is 5.02 Å². The first-order valence-corrected chi connectivity index (χ1v) is 7.77. The van der Waals surface area contributed by atoms with Gasteiger partial charge >= 0.3 is 0 Å². The summed E-state index contributed by atoms with van der Waals surface area (Å²) in [7, 11) is 3.20. The normalized spacial score (nSPS) is 12.1. The molecule has 1 heterocycles. The van der Waals surface area contributed by atoms with E-state index in [2.05, 4.69) is 24.1 Å². The third kappa shape index (κ3) is 3.41. The van der Waals surface area contributed by atoms with Gasteiger partial charge in [-0.3, -0.25) is 0 Å². The van der Waals surface area contributed by atoms with E-state index in [1.54, 1.807) is 31.6 Å². The van der Waals surface area contributed by atoms with Crippen LogP contribution in [0.3, 0.4) is 0 Å². The van der Waals surface area contributed by atoms with Gasteiger partial charge in [0, 0.05) is 10.9 Å². The molecule has 114 valence electrons. The first-order chi connectivity index (χ1) is 9.96. The fraction of sp³-hybridized carbons (Fsp3) is 0.400. The highest BCUT2D eigenvalue weighted by Crippen LogP contribution is 2.37. The molecule has 1 N–H and O–H groups in total. The number of hydrogen-bond donors (Lipinski definition) is 1. The number of rotatable bonds is 5. The lowest BCUT2D eigenvalue weighted by atomic mass is 10.2. The Kier molecular flexibility index (Phi) is 4.96. The van der Waals surface area contributed by atoms with Gasteiger partial charge in [-0.15, -0.1) is 11.3 Å². The molecule has 0 aliphatic rings. The molecule has 1 atom stereocenters. The second kappa shape index (κ2) is 6.54. The van der Waals surface area contributed by atoms with Crippen molar-refractivity contribution < 1.29 is 9.47 Å². The molecule has 0 spiro atoms. The first kappa shape index (κ1) is 15.9. The van der Waals surface area contributed by atoms with Crippen LogP contribution in [0, 0.1) is 13.8 Å². The molecule has 4 nitrogen and oxygen atoms in total. The van der Waals surface area contributed by atoms with E-state index in [0.29, 0.717) is 16.5 Å². The van der Waals surface area contributed by atoms with E-state index >= 15 is 0 Å². The minimum atomic E-state index is 0.0633. The van der Waals surface area contributed by atoms with Crippen molar-refractivity contribution in [2.45, 2.75) is 26.8 Å². The first-order valence-electron chi connectivity index (χ1n) is 6.58. The van der Waals surface area contributed by atoms with Crippen LogP contribution >= 0.6 is 22.9 Å². The standard InChI is InChI=1S/C15H19ClN2O2S/c1-8(15-9(2)21-10(3)18-15)17-12-6-11(16)13(19-4)7-14(12)20-5/h6-8,17H,1-5H3. The number of aromatic nitrogens is 1. The zero-order valence-electron chi connectivity index (χ0n) is 12.8. The summed E-state index contributed by atoms with van der Waals surface area (Å²) in [6.45, 7) is 6.16. The summed E-state index contributed by atoms with van der Waals surface area (Å²) in [5, 5.41) is 5.01. The maximum Gasteiger partial charge on any atom is 0.145 e. The summed E-state index contributed by atoms with van der Waals surface area (Å²) in [5.74, 6) is 1.28. The summed E-state index contributed by atoms with van der Waals surface area (Å²) in [6.07, 6.45) is 0. The molecule has 0 radical (unpaired) electrons. The van der Waals surface area contributed by atoms with Crippen molar-refractivity contribution >= 4 is 28.6 Å². The fourth-order valence-electron chi connectivity index (χ4n) is 2.22. The van der Waals surface area contributed by atoms with Crippen LogP contribution in [-0.2, 0) is 0 Å². The van der Waals surface area contributed by atoms with Gasteiger partial charge in [0.1, 0.15) is 11.5 Å². The third-order valence-corrected chi connectivity index (χ3v) is 4.39. The lowest BCUT2D eigenvalue weighted by Gasteiger charge is -2.18. The van der Waals surface area contributed by atoms with Crippen LogP contribution in [0.25, 0.3) is 0 Å². The van der Waals surface area contributed by atoms with E-state index in [-0.39, 0.29) is 6.04 Å². The Morgan fingerprint density at radius 2 is 1.86 bits per heavy atom. The lowest BCUT2D eigenvalue weighted by Crippen LogP contribution is -2.09. The Balaban J connectivity index is 2.30. The highest BCUT2D eigenvalue weighted by molar-refractivity contribution is 7.11. The summed E-state index contributed by atoms with van der Waals surface area (Å²) < 4.78 is 10.6. The number of thiazole rings is 1. The van der Waals surface area contributed by atoms with E-state index in [9.17, 15) is 0 Å². The van der Waals surface area contributed by atoms with E-state index in [1.165, 1.54) is 4.88 Å². The molecular formula is C15H19ClN2O2S. The largest absolute Gasteiger partial charge is 0.495 e. The lowest BCUT2D eigenvalue weighted by molar-refractivity contribution is 0.395. The average molecular weight is 327 g/mol. The maximum atomic E-state index is 6.19. The molecule has 1 unspecified atom stereocenters. The Morgan fingerprint density at radius 1 is 1.19 bits per heavy atom. The predicted molar refractivity (Wildman–Crippen MR) is 88.2 cm³/mol. The molecule has 2 aromatic rings. The topological polar surface area (TPSA) is 43.4 Å². The zero-order chi connectivity index (χ0) is 15.6. The summed E-state index contributed by atoms with van der Waals surface area (Å²) in [4.78, 5) is 5.79. The number of halogens is 1. The van der Waals surface area contributed by atoms with Gasteiger partial charge in [0.2, 0.25) is 0 Å². The second-order valence-corrected chi connectivity index (χ2v) is 6.54. The number of ether oxygens (including phenoxy) is 2. The number of nitrogens with zero attached hydrogens (tertiary/aromatic N) is 1. The number of aryl methyl sites for hydroxylation is 2. The van der Waals surface area contributed by atoms with Crippen molar-refractivity contribution in [3.63, 3.8) is 0 Å². The van der Waals surface area contributed by atoms with Crippen LogP contribution in [0.1, 0.15) is 28.5 Å². The van der Waals surface area contributed by atoms with Crippen LogP contribution in [0.15, 0.2) is 12.1 Å². The van der Waals surface area contributed by atoms with E-state index in [0.717, 1.165) is 16.4 Å². The van der Waals surface area contributed by atoms with Crippen molar-refractivity contribution in [2.24, 2.45) is 0 Å². The molecule has 0 aliphatic heterocycles. The Labute approximate surface area is 134 Å². The van der Waals surface area contributed by atoms with Crippen molar-refractivity contribution in [2.75, 3.05) is 19.5 Å². The Bertz CT molecular complexity index is 643. The van der Waals surface area contributed by atoms with E-state index in [1.807, 2.05) is 13.0 Å². The number of anilines is 1. The van der Waals surface area contributed by atoms with Crippen LogP contribution in [0.4, 0.5) is 5.69 Å². The van der Waals surface area contributed by atoms with Crippen LogP contribution in [-0.4, -0.2) is 19.2 Å². The molecule has 0 fully saturated rings. The highest BCUT2D eigenvalue weighted by atomic mass is 35.5. The Morgan fingerprint density at radius 3 is 2.38 bits per heavy atom. The molecule has 1 aromatic heterocycles. The number of nitrogens with one attached hydrogen (secondary N) is 1. The molecule has 0 saturated heterocycles. The highest BCUT2D eigenvalue weighted by Gasteiger charge is 2.16. The van der Waals surface area contributed by atoms with Gasteiger partial charge in [-0.25, -0.2) is 4.98 Å². The molecule has 6 heteroatoms. The molecule has 0 saturated carbocycles. The summed E-state index contributed by atoms with van der Waals surface area (Å²) >= 11 is 7.89. The monoisotopic (exact) mass is 326 g/mol. The molecule has 0 bridgehead atoms.